The molecular weight excluding hydrogens is 404 g/mol. The maximum absolute atomic E-state index is 12.0. The normalized spacial score (nSPS) is 10.3. The molecule has 0 aliphatic rings. The average molecular weight is 425 g/mol. The van der Waals surface area contributed by atoms with Crippen molar-refractivity contribution in [3.05, 3.63) is 88.4 Å². The van der Waals surface area contributed by atoms with Crippen molar-refractivity contribution in [2.45, 2.75) is 13.5 Å². The van der Waals surface area contributed by atoms with Gasteiger partial charge in [-0.05, 0) is 64.8 Å². The zero-order chi connectivity index (χ0) is 19.1. The first-order valence-electron chi connectivity index (χ1n) is 8.67. The maximum atomic E-state index is 12.0. The van der Waals surface area contributed by atoms with Crippen LogP contribution >= 0.6 is 15.9 Å². The summed E-state index contributed by atoms with van der Waals surface area (Å²) in [5, 5.41) is 6.18. The number of carbonyl (C=O) groups is 1. The van der Waals surface area contributed by atoms with Gasteiger partial charge >= 0.3 is 0 Å². The molecule has 0 fully saturated rings. The summed E-state index contributed by atoms with van der Waals surface area (Å²) in [6, 6.07) is 23.4. The predicted octanol–water partition coefficient (Wildman–Crippen LogP) is 5.39. The standard InChI is InChI=1S/C22H21BrN2O2/c1-16-7-10-18(11-8-16)24-14-17-9-12-21(20(23)13-17)27-15-22(26)25-19-5-3-2-4-6-19/h2-13,24H,14-15H2,1H3,(H,25,26). The van der Waals surface area contributed by atoms with Crippen LogP contribution in [-0.4, -0.2) is 12.5 Å². The first-order valence-corrected chi connectivity index (χ1v) is 9.46. The Balaban J connectivity index is 1.51. The number of amides is 1. The number of halogens is 1. The highest BCUT2D eigenvalue weighted by Gasteiger charge is 2.07. The molecular formula is C22H21BrN2O2. The highest BCUT2D eigenvalue weighted by atomic mass is 79.9. The maximum Gasteiger partial charge on any atom is 0.262 e. The Labute approximate surface area is 167 Å². The fourth-order valence-electron chi connectivity index (χ4n) is 2.51. The van der Waals surface area contributed by atoms with E-state index in [1.807, 2.05) is 48.5 Å². The van der Waals surface area contributed by atoms with Gasteiger partial charge in [-0.3, -0.25) is 4.79 Å². The molecule has 4 nitrogen and oxygen atoms in total. The molecule has 0 saturated carbocycles. The van der Waals surface area contributed by atoms with Gasteiger partial charge in [0.1, 0.15) is 5.75 Å². The molecule has 3 rings (SSSR count). The Morgan fingerprint density at radius 2 is 1.70 bits per heavy atom. The average Bonchev–Trinajstić information content (AvgIpc) is 2.67. The minimum atomic E-state index is -0.196. The van der Waals surface area contributed by atoms with Gasteiger partial charge in [0.2, 0.25) is 0 Å². The molecule has 0 atom stereocenters. The van der Waals surface area contributed by atoms with Gasteiger partial charge in [0.15, 0.2) is 6.61 Å². The molecule has 0 aliphatic carbocycles. The van der Waals surface area contributed by atoms with E-state index in [4.69, 9.17) is 4.74 Å². The molecule has 0 heterocycles. The summed E-state index contributed by atoms with van der Waals surface area (Å²) in [5.74, 6) is 0.440. The number of rotatable bonds is 7. The van der Waals surface area contributed by atoms with Crippen molar-refractivity contribution in [3.8, 4) is 5.75 Å². The van der Waals surface area contributed by atoms with Crippen LogP contribution in [0.1, 0.15) is 11.1 Å². The van der Waals surface area contributed by atoms with E-state index in [0.29, 0.717) is 12.3 Å². The van der Waals surface area contributed by atoms with Crippen molar-refractivity contribution in [1.82, 2.24) is 0 Å². The number of hydrogen-bond donors (Lipinski definition) is 2. The van der Waals surface area contributed by atoms with E-state index in [1.54, 1.807) is 0 Å². The molecule has 1 amide bonds. The third-order valence-electron chi connectivity index (χ3n) is 3.96. The number of para-hydroxylation sites is 1. The molecule has 0 saturated heterocycles. The van der Waals surface area contributed by atoms with Crippen molar-refractivity contribution >= 4 is 33.2 Å². The van der Waals surface area contributed by atoms with Crippen LogP contribution < -0.4 is 15.4 Å². The van der Waals surface area contributed by atoms with E-state index in [-0.39, 0.29) is 12.5 Å². The molecule has 0 bridgehead atoms. The lowest BCUT2D eigenvalue weighted by atomic mass is 10.2. The molecule has 27 heavy (non-hydrogen) atoms. The van der Waals surface area contributed by atoms with Crippen molar-refractivity contribution in [2.75, 3.05) is 17.2 Å². The van der Waals surface area contributed by atoms with Gasteiger partial charge in [0, 0.05) is 17.9 Å². The van der Waals surface area contributed by atoms with Gasteiger partial charge in [-0.25, -0.2) is 0 Å². The van der Waals surface area contributed by atoms with E-state index in [9.17, 15) is 4.79 Å². The van der Waals surface area contributed by atoms with Crippen molar-refractivity contribution in [1.29, 1.82) is 0 Å². The molecule has 3 aromatic carbocycles. The number of carbonyl (C=O) groups excluding carboxylic acids is 1. The Morgan fingerprint density at radius 3 is 2.41 bits per heavy atom. The highest BCUT2D eigenvalue weighted by molar-refractivity contribution is 9.10. The lowest BCUT2D eigenvalue weighted by Crippen LogP contribution is -2.20. The first-order chi connectivity index (χ1) is 13.1. The smallest absolute Gasteiger partial charge is 0.262 e. The Morgan fingerprint density at radius 1 is 0.963 bits per heavy atom. The molecule has 138 valence electrons. The summed E-state index contributed by atoms with van der Waals surface area (Å²) in [4.78, 5) is 12.0. The quantitative estimate of drug-likeness (QED) is 0.534. The van der Waals surface area contributed by atoms with E-state index in [1.165, 1.54) is 5.56 Å². The number of anilines is 2. The van der Waals surface area contributed by atoms with Crippen LogP contribution in [0.5, 0.6) is 5.75 Å². The van der Waals surface area contributed by atoms with Gasteiger partial charge in [0.05, 0.1) is 4.47 Å². The SMILES string of the molecule is Cc1ccc(NCc2ccc(OCC(=O)Nc3ccccc3)c(Br)c2)cc1. The van der Waals surface area contributed by atoms with Gasteiger partial charge in [-0.15, -0.1) is 0 Å². The van der Waals surface area contributed by atoms with Gasteiger partial charge in [-0.2, -0.15) is 0 Å². The van der Waals surface area contributed by atoms with E-state index < -0.39 is 0 Å². The highest BCUT2D eigenvalue weighted by Crippen LogP contribution is 2.26. The van der Waals surface area contributed by atoms with Crippen LogP contribution in [0.3, 0.4) is 0 Å². The molecule has 0 aliphatic heterocycles. The lowest BCUT2D eigenvalue weighted by Gasteiger charge is -2.11. The second kappa shape index (κ2) is 9.24. The van der Waals surface area contributed by atoms with Crippen LogP contribution in [0.4, 0.5) is 11.4 Å². The van der Waals surface area contributed by atoms with Crippen molar-refractivity contribution in [2.24, 2.45) is 0 Å². The van der Waals surface area contributed by atoms with Crippen LogP contribution in [0.2, 0.25) is 0 Å². The summed E-state index contributed by atoms with van der Waals surface area (Å²) in [7, 11) is 0. The van der Waals surface area contributed by atoms with Crippen LogP contribution in [-0.2, 0) is 11.3 Å². The van der Waals surface area contributed by atoms with E-state index >= 15 is 0 Å². The van der Waals surface area contributed by atoms with Crippen LogP contribution in [0.15, 0.2) is 77.3 Å². The van der Waals surface area contributed by atoms with E-state index in [2.05, 4.69) is 57.8 Å². The third kappa shape index (κ3) is 5.86. The number of benzene rings is 3. The summed E-state index contributed by atoms with van der Waals surface area (Å²) >= 11 is 3.52. The minimum absolute atomic E-state index is 0.0472. The summed E-state index contributed by atoms with van der Waals surface area (Å²) < 4.78 is 6.44. The lowest BCUT2D eigenvalue weighted by molar-refractivity contribution is -0.118. The summed E-state index contributed by atoms with van der Waals surface area (Å²) in [5.41, 5.74) is 4.18. The molecule has 0 unspecified atom stereocenters. The Bertz CT molecular complexity index is 896. The Kier molecular flexibility index (Phi) is 6.49. The van der Waals surface area contributed by atoms with Crippen molar-refractivity contribution in [3.63, 3.8) is 0 Å². The fourth-order valence-corrected chi connectivity index (χ4v) is 3.05. The monoisotopic (exact) mass is 424 g/mol. The topological polar surface area (TPSA) is 50.4 Å². The minimum Gasteiger partial charge on any atom is -0.483 e. The van der Waals surface area contributed by atoms with Gasteiger partial charge in [0.25, 0.3) is 5.91 Å². The van der Waals surface area contributed by atoms with Crippen LogP contribution in [0, 0.1) is 6.92 Å². The molecule has 2 N–H and O–H groups in total. The van der Waals surface area contributed by atoms with Gasteiger partial charge in [-0.1, -0.05) is 42.0 Å². The molecule has 3 aromatic rings. The molecule has 0 spiro atoms. The zero-order valence-corrected chi connectivity index (χ0v) is 16.6. The van der Waals surface area contributed by atoms with E-state index in [0.717, 1.165) is 21.4 Å². The van der Waals surface area contributed by atoms with Gasteiger partial charge < -0.3 is 15.4 Å². The first kappa shape index (κ1) is 19.0. The third-order valence-corrected chi connectivity index (χ3v) is 4.58. The summed E-state index contributed by atoms with van der Waals surface area (Å²) in [6.07, 6.45) is 0. The Hall–Kier alpha value is -2.79. The fraction of sp³-hybridized carbons (Fsp3) is 0.136. The van der Waals surface area contributed by atoms with Crippen molar-refractivity contribution < 1.29 is 9.53 Å². The largest absolute Gasteiger partial charge is 0.483 e. The van der Waals surface area contributed by atoms with Crippen LogP contribution in [0.25, 0.3) is 0 Å². The zero-order valence-electron chi connectivity index (χ0n) is 15.0. The number of hydrogen-bond acceptors (Lipinski definition) is 3. The molecule has 5 heteroatoms. The second-order valence-corrected chi connectivity index (χ2v) is 7.04. The molecule has 0 radical (unpaired) electrons. The second-order valence-electron chi connectivity index (χ2n) is 6.19. The number of ether oxygens (including phenoxy) is 1. The number of aryl methyl sites for hydroxylation is 1. The predicted molar refractivity (Wildman–Crippen MR) is 113 cm³/mol. The summed E-state index contributed by atoms with van der Waals surface area (Å²) in [6.45, 7) is 2.73. The number of nitrogens with one attached hydrogen (secondary N) is 2. The molecule has 0 aromatic heterocycles.